The molecule has 2 aromatic rings. The molecule has 32 heavy (non-hydrogen) atoms. The van der Waals surface area contributed by atoms with Crippen LogP contribution in [0.1, 0.15) is 49.7 Å². The van der Waals surface area contributed by atoms with Gasteiger partial charge in [0.15, 0.2) is 0 Å². The van der Waals surface area contributed by atoms with Crippen molar-refractivity contribution >= 4 is 71.6 Å². The molecular formula is C24H32Cl6N2. The summed E-state index contributed by atoms with van der Waals surface area (Å²) in [5.74, 6) is 1.54. The Bertz CT molecular complexity index is 717. The van der Waals surface area contributed by atoms with Crippen LogP contribution in [0.25, 0.3) is 0 Å². The molecule has 1 aliphatic carbocycles. The Labute approximate surface area is 225 Å². The molecule has 0 amide bonds. The van der Waals surface area contributed by atoms with Crippen LogP contribution < -0.4 is 0 Å². The van der Waals surface area contributed by atoms with E-state index in [1.165, 1.54) is 25.7 Å². The highest BCUT2D eigenvalue weighted by Crippen LogP contribution is 2.33. The zero-order valence-electron chi connectivity index (χ0n) is 18.1. The fourth-order valence-electron chi connectivity index (χ4n) is 4.24. The van der Waals surface area contributed by atoms with E-state index in [0.717, 1.165) is 58.9 Å². The normalized spacial score (nSPS) is 18.3. The van der Waals surface area contributed by atoms with E-state index in [-0.39, 0.29) is 24.8 Å². The topological polar surface area (TPSA) is 6.48 Å². The molecule has 2 nitrogen and oxygen atoms in total. The monoisotopic (exact) mass is 558 g/mol. The van der Waals surface area contributed by atoms with E-state index in [9.17, 15) is 0 Å². The molecule has 0 atom stereocenters. The van der Waals surface area contributed by atoms with Gasteiger partial charge in [0, 0.05) is 36.2 Å². The first kappa shape index (κ1) is 30.1. The Balaban J connectivity index is 0.00000256. The highest BCUT2D eigenvalue weighted by Gasteiger charge is 2.22. The number of rotatable bonds is 10. The van der Waals surface area contributed by atoms with Crippen molar-refractivity contribution in [1.82, 2.24) is 8.84 Å². The molecule has 1 saturated carbocycles. The van der Waals surface area contributed by atoms with Crippen molar-refractivity contribution < 1.29 is 0 Å². The van der Waals surface area contributed by atoms with Crippen LogP contribution in [0, 0.1) is 11.8 Å². The maximum Gasteiger partial charge on any atom is 0.0451 e. The van der Waals surface area contributed by atoms with Crippen LogP contribution in [0.2, 0.25) is 10.0 Å². The fraction of sp³-hybridized carbons (Fsp3) is 0.500. The molecule has 0 N–H and O–H groups in total. The Morgan fingerprint density at radius 2 is 0.969 bits per heavy atom. The molecule has 0 aromatic heterocycles. The molecule has 1 aliphatic rings. The minimum Gasteiger partial charge on any atom is -0.216 e. The van der Waals surface area contributed by atoms with Crippen LogP contribution in [0.4, 0.5) is 0 Å². The predicted molar refractivity (Wildman–Crippen MR) is 145 cm³/mol. The highest BCUT2D eigenvalue weighted by molar-refractivity contribution is 6.31. The molecule has 180 valence electrons. The van der Waals surface area contributed by atoms with Gasteiger partial charge in [0.1, 0.15) is 0 Å². The third kappa shape index (κ3) is 10.2. The second-order valence-electron chi connectivity index (χ2n) is 8.34. The van der Waals surface area contributed by atoms with Crippen molar-refractivity contribution in [2.24, 2.45) is 11.8 Å². The van der Waals surface area contributed by atoms with Crippen molar-refractivity contribution in [3.05, 3.63) is 69.7 Å². The summed E-state index contributed by atoms with van der Waals surface area (Å²) in [5.41, 5.74) is 2.17. The van der Waals surface area contributed by atoms with Gasteiger partial charge in [0.2, 0.25) is 0 Å². The molecule has 0 heterocycles. The van der Waals surface area contributed by atoms with Crippen LogP contribution in [0.15, 0.2) is 48.5 Å². The zero-order chi connectivity index (χ0) is 21.3. The average Bonchev–Trinajstić information content (AvgIpc) is 2.75. The van der Waals surface area contributed by atoms with Crippen LogP contribution in [0.3, 0.4) is 0 Å². The summed E-state index contributed by atoms with van der Waals surface area (Å²) in [6.07, 6.45) is 7.44. The Morgan fingerprint density at radius 1 is 0.625 bits per heavy atom. The summed E-state index contributed by atoms with van der Waals surface area (Å²) in [6.45, 7) is 3.17. The maximum absolute atomic E-state index is 6.44. The molecular weight excluding hydrogens is 529 g/mol. The number of hydrogen-bond donors (Lipinski definition) is 0. The first-order valence-electron chi connectivity index (χ1n) is 10.8. The average molecular weight is 561 g/mol. The quantitative estimate of drug-likeness (QED) is 0.267. The van der Waals surface area contributed by atoms with Crippen molar-refractivity contribution in [2.45, 2.75) is 51.6 Å². The van der Waals surface area contributed by atoms with Crippen molar-refractivity contribution in [2.75, 3.05) is 13.1 Å². The minimum atomic E-state index is 0. The molecule has 0 aliphatic heterocycles. The summed E-state index contributed by atoms with van der Waals surface area (Å²) in [7, 11) is 0. The van der Waals surface area contributed by atoms with Gasteiger partial charge in [0.05, 0.1) is 0 Å². The third-order valence-electron chi connectivity index (χ3n) is 6.13. The van der Waals surface area contributed by atoms with Crippen molar-refractivity contribution in [3.8, 4) is 0 Å². The summed E-state index contributed by atoms with van der Waals surface area (Å²) in [6, 6.07) is 15.8. The smallest absolute Gasteiger partial charge is 0.0451 e. The number of nitrogens with zero attached hydrogens (tertiary/aromatic N) is 2. The van der Waals surface area contributed by atoms with E-state index in [0.29, 0.717) is 13.1 Å². The maximum atomic E-state index is 6.44. The van der Waals surface area contributed by atoms with E-state index in [4.69, 9.17) is 46.8 Å². The standard InChI is InChI=1S/C24H30Cl4N2.2ClH/c25-23-7-3-1-5-21(23)17-29(27)15-13-19-9-11-20(12-10-19)14-16-30(28)18-22-6-2-4-8-24(22)26;;/h1-8,19-20H,9-18H2;2*1H. The van der Waals surface area contributed by atoms with Gasteiger partial charge in [-0.1, -0.05) is 85.3 Å². The minimum absolute atomic E-state index is 0. The second kappa shape index (κ2) is 15.9. The SMILES string of the molecule is Cl.Cl.Clc1ccccc1CN(Cl)CCC1CCC(CCN(Cl)Cc2ccccc2Cl)CC1. The Morgan fingerprint density at radius 3 is 1.31 bits per heavy atom. The number of benzene rings is 2. The molecule has 0 unspecified atom stereocenters. The molecule has 0 saturated heterocycles. The van der Waals surface area contributed by atoms with Crippen molar-refractivity contribution in [3.63, 3.8) is 0 Å². The van der Waals surface area contributed by atoms with Gasteiger partial charge in [-0.05, 0) is 71.5 Å². The largest absolute Gasteiger partial charge is 0.216 e. The molecule has 0 bridgehead atoms. The summed E-state index contributed by atoms with van der Waals surface area (Å²) in [4.78, 5) is 0. The number of hydrogen-bond acceptors (Lipinski definition) is 2. The van der Waals surface area contributed by atoms with E-state index < -0.39 is 0 Å². The van der Waals surface area contributed by atoms with E-state index in [1.807, 2.05) is 57.4 Å². The van der Waals surface area contributed by atoms with E-state index >= 15 is 0 Å². The summed E-state index contributed by atoms with van der Waals surface area (Å²) in [5, 5.41) is 1.57. The first-order chi connectivity index (χ1) is 14.5. The van der Waals surface area contributed by atoms with Crippen LogP contribution in [-0.2, 0) is 13.1 Å². The second-order valence-corrected chi connectivity index (χ2v) is 10.1. The lowest BCUT2D eigenvalue weighted by Crippen LogP contribution is -2.22. The number of halogens is 6. The lowest BCUT2D eigenvalue weighted by molar-refractivity contribution is 0.229. The third-order valence-corrected chi connectivity index (χ3v) is 7.44. The predicted octanol–water partition coefficient (Wildman–Crippen LogP) is 9.04. The van der Waals surface area contributed by atoms with Gasteiger partial charge >= 0.3 is 0 Å². The van der Waals surface area contributed by atoms with Crippen LogP contribution >= 0.6 is 71.6 Å². The van der Waals surface area contributed by atoms with Gasteiger partial charge in [-0.25, -0.2) is 8.84 Å². The zero-order valence-corrected chi connectivity index (χ0v) is 22.7. The molecule has 0 radical (unpaired) electrons. The van der Waals surface area contributed by atoms with Crippen molar-refractivity contribution in [1.29, 1.82) is 0 Å². The molecule has 8 heteroatoms. The Hall–Kier alpha value is 0.1000. The summed E-state index contributed by atoms with van der Waals surface area (Å²) >= 11 is 25.4. The first-order valence-corrected chi connectivity index (χ1v) is 12.2. The highest BCUT2D eigenvalue weighted by atomic mass is 35.5. The lowest BCUT2D eigenvalue weighted by atomic mass is 9.79. The van der Waals surface area contributed by atoms with Crippen LogP contribution in [0.5, 0.6) is 0 Å². The van der Waals surface area contributed by atoms with Gasteiger partial charge in [0.25, 0.3) is 0 Å². The fourth-order valence-corrected chi connectivity index (χ4v) is 5.08. The Kier molecular flexibility index (Phi) is 15.0. The van der Waals surface area contributed by atoms with Crippen LogP contribution in [-0.4, -0.2) is 21.9 Å². The molecule has 1 fully saturated rings. The summed E-state index contributed by atoms with van der Waals surface area (Å²) < 4.78 is 3.74. The molecule has 0 spiro atoms. The van der Waals surface area contributed by atoms with Gasteiger partial charge in [-0.3, -0.25) is 0 Å². The van der Waals surface area contributed by atoms with Gasteiger partial charge < -0.3 is 0 Å². The van der Waals surface area contributed by atoms with E-state index in [1.54, 1.807) is 0 Å². The molecule has 3 rings (SSSR count). The van der Waals surface area contributed by atoms with E-state index in [2.05, 4.69) is 0 Å². The lowest BCUT2D eigenvalue weighted by Gasteiger charge is -2.30. The van der Waals surface area contributed by atoms with Gasteiger partial charge in [-0.2, -0.15) is 0 Å². The van der Waals surface area contributed by atoms with Gasteiger partial charge in [-0.15, -0.1) is 24.8 Å². The molecule has 2 aromatic carbocycles.